The fraction of sp³-hybridized carbons (Fsp3) is 0.115. The fourth-order valence-electron chi connectivity index (χ4n) is 3.50. The Labute approximate surface area is 212 Å². The molecule has 9 nitrogen and oxygen atoms in total. The number of nitrogen functional groups attached to an aromatic ring is 1. The van der Waals surface area contributed by atoms with Crippen LogP contribution in [0, 0.1) is 13.8 Å². The van der Waals surface area contributed by atoms with E-state index in [1.165, 1.54) is 4.57 Å². The van der Waals surface area contributed by atoms with Crippen molar-refractivity contribution in [3.63, 3.8) is 0 Å². The monoisotopic (exact) mass is 504 g/mol. The number of carbonyl (C=O) groups excluding carboxylic acids is 1. The van der Waals surface area contributed by atoms with E-state index in [1.54, 1.807) is 27.4 Å². The van der Waals surface area contributed by atoms with Gasteiger partial charge in [0.1, 0.15) is 17.8 Å². The maximum Gasteiger partial charge on any atom is 0.354 e. The average Bonchev–Trinajstić information content (AvgIpc) is 3.34. The third-order valence-corrected chi connectivity index (χ3v) is 5.10. The molecule has 0 aliphatic heterocycles. The second-order valence-corrected chi connectivity index (χ2v) is 7.80. The van der Waals surface area contributed by atoms with Gasteiger partial charge in [0.05, 0.1) is 17.3 Å². The summed E-state index contributed by atoms with van der Waals surface area (Å²) in [5, 5.41) is 0. The molecule has 3 aromatic heterocycles. The summed E-state index contributed by atoms with van der Waals surface area (Å²) in [7, 11) is 0. The molecule has 0 unspecified atom stereocenters. The molecule has 0 aliphatic carbocycles. The van der Waals surface area contributed by atoms with Crippen molar-refractivity contribution >= 4 is 29.4 Å². The van der Waals surface area contributed by atoms with Gasteiger partial charge in [-0.1, -0.05) is 36.4 Å². The number of nitrogens with two attached hydrogens (primary N) is 1. The zero-order valence-corrected chi connectivity index (χ0v) is 20.5. The minimum Gasteiger partial charge on any atom is -0.383 e. The molecule has 3 heterocycles. The van der Waals surface area contributed by atoms with Gasteiger partial charge in [0.15, 0.2) is 0 Å². The van der Waals surface area contributed by atoms with Crippen LogP contribution in [0.3, 0.4) is 0 Å². The number of aromatic nitrogens is 5. The number of halogens is 1. The highest BCUT2D eigenvalue weighted by molar-refractivity contribution is 6.24. The quantitative estimate of drug-likeness (QED) is 0.297. The zero-order valence-electron chi connectivity index (χ0n) is 19.8. The van der Waals surface area contributed by atoms with E-state index in [9.17, 15) is 9.59 Å². The van der Waals surface area contributed by atoms with E-state index in [0.29, 0.717) is 11.9 Å². The highest BCUT2D eigenvalue weighted by Crippen LogP contribution is 2.10. The van der Waals surface area contributed by atoms with Gasteiger partial charge < -0.3 is 10.5 Å². The maximum absolute atomic E-state index is 12.3. The smallest absolute Gasteiger partial charge is 0.354 e. The Hall–Kier alpha value is -4.50. The number of nitrogens with zero attached hydrogens (tertiary/aromatic N) is 5. The third kappa shape index (κ3) is 6.13. The molecule has 0 radical (unpaired) electrons. The van der Waals surface area contributed by atoms with Crippen LogP contribution in [0.2, 0.25) is 0 Å². The number of rotatable bonds is 3. The fourth-order valence-corrected chi connectivity index (χ4v) is 3.50. The van der Waals surface area contributed by atoms with Crippen molar-refractivity contribution < 1.29 is 4.79 Å². The molecule has 0 spiro atoms. The van der Waals surface area contributed by atoms with Crippen LogP contribution in [0.4, 0.5) is 5.82 Å². The first-order valence-electron chi connectivity index (χ1n) is 10.9. The van der Waals surface area contributed by atoms with Crippen LogP contribution in [0.5, 0.6) is 0 Å². The van der Waals surface area contributed by atoms with Gasteiger partial charge in [-0.2, -0.15) is 4.98 Å². The molecule has 0 aliphatic rings. The van der Waals surface area contributed by atoms with Crippen LogP contribution in [0.15, 0.2) is 94.8 Å². The molecule has 36 heavy (non-hydrogen) atoms. The Morgan fingerprint density at radius 3 is 1.94 bits per heavy atom. The predicted molar refractivity (Wildman–Crippen MR) is 141 cm³/mol. The lowest BCUT2D eigenvalue weighted by Gasteiger charge is -2.09. The first-order chi connectivity index (χ1) is 17.4. The summed E-state index contributed by atoms with van der Waals surface area (Å²) < 4.78 is 4.74. The zero-order chi connectivity index (χ0) is 26.1. The summed E-state index contributed by atoms with van der Waals surface area (Å²) in [4.78, 5) is 40.8. The number of carbonyl (C=O) groups is 1. The molecular formula is C26H25ClN6O3. The molecule has 0 bridgehead atoms. The number of imidazole rings is 1. The highest BCUT2D eigenvalue weighted by atomic mass is 35.5. The molecule has 184 valence electrons. The highest BCUT2D eigenvalue weighted by Gasteiger charge is 2.08. The molecule has 0 fully saturated rings. The molecule has 0 amide bonds. The lowest BCUT2D eigenvalue weighted by Crippen LogP contribution is -2.26. The van der Waals surface area contributed by atoms with Gasteiger partial charge in [-0.3, -0.25) is 13.5 Å². The van der Waals surface area contributed by atoms with E-state index in [4.69, 9.17) is 22.1 Å². The Balaban J connectivity index is 0.000000176. The third-order valence-electron chi connectivity index (χ3n) is 4.97. The van der Waals surface area contributed by atoms with Crippen LogP contribution in [-0.2, 0) is 4.79 Å². The summed E-state index contributed by atoms with van der Waals surface area (Å²) in [6.07, 6.45) is 3.95. The molecule has 2 aromatic carbocycles. The molecule has 5 aromatic rings. The Kier molecular flexibility index (Phi) is 8.90. The molecule has 0 atom stereocenters. The number of anilines is 1. The van der Waals surface area contributed by atoms with Gasteiger partial charge in [-0.05, 0) is 38.1 Å². The van der Waals surface area contributed by atoms with Gasteiger partial charge >= 0.3 is 11.4 Å². The van der Waals surface area contributed by atoms with E-state index in [0.717, 1.165) is 22.8 Å². The number of aldehydes is 1. The number of benzene rings is 2. The number of hydrogen-bond acceptors (Lipinski definition) is 6. The lowest BCUT2D eigenvalue weighted by molar-refractivity contribution is -0.105. The van der Waals surface area contributed by atoms with Crippen molar-refractivity contribution in [2.45, 2.75) is 13.8 Å². The standard InChI is InChI=1S/C13H11N3O.C11H11N3O.C2H3ClO/c1-10-9-12-14-7-8-15(12)13(17)16(10)11-5-3-2-4-6-11;1-8-7-10(12)13-11(15)14(8)9-5-3-2-4-6-9;3-1-2-4/h2-9H,1H3;2-7H,1H3,(H2,12,13,15);2H,1H2. The van der Waals surface area contributed by atoms with Crippen LogP contribution in [0.1, 0.15) is 11.4 Å². The number of aryl methyl sites for hydroxylation is 2. The average molecular weight is 505 g/mol. The normalized spacial score (nSPS) is 10.1. The topological polar surface area (TPSA) is 117 Å². The molecular weight excluding hydrogens is 480 g/mol. The summed E-state index contributed by atoms with van der Waals surface area (Å²) in [5.41, 5.74) is 9.04. The number of para-hydroxylation sites is 2. The van der Waals surface area contributed by atoms with Crippen LogP contribution in [-0.4, -0.2) is 35.7 Å². The molecule has 5 rings (SSSR count). The Morgan fingerprint density at radius 1 is 0.889 bits per heavy atom. The summed E-state index contributed by atoms with van der Waals surface area (Å²) in [6, 6.07) is 22.5. The van der Waals surface area contributed by atoms with Crippen molar-refractivity contribution in [3.05, 3.63) is 118 Å². The first-order valence-corrected chi connectivity index (χ1v) is 11.4. The van der Waals surface area contributed by atoms with Crippen LogP contribution >= 0.6 is 11.6 Å². The van der Waals surface area contributed by atoms with E-state index in [2.05, 4.69) is 9.97 Å². The van der Waals surface area contributed by atoms with E-state index < -0.39 is 0 Å². The molecule has 0 saturated carbocycles. The van der Waals surface area contributed by atoms with Gasteiger partial charge in [-0.25, -0.2) is 14.6 Å². The molecule has 0 saturated heterocycles. The van der Waals surface area contributed by atoms with Crippen molar-refractivity contribution in [2.24, 2.45) is 0 Å². The van der Waals surface area contributed by atoms with Gasteiger partial charge in [0.25, 0.3) is 0 Å². The second kappa shape index (κ2) is 12.3. The van der Waals surface area contributed by atoms with Crippen molar-refractivity contribution in [2.75, 3.05) is 11.6 Å². The van der Waals surface area contributed by atoms with Crippen molar-refractivity contribution in [1.29, 1.82) is 0 Å². The lowest BCUT2D eigenvalue weighted by atomic mass is 10.3. The number of fused-ring (bicyclic) bond motifs is 1. The van der Waals surface area contributed by atoms with Gasteiger partial charge in [0, 0.05) is 35.9 Å². The Bertz CT molecular complexity index is 1560. The number of alkyl halides is 1. The molecule has 2 N–H and O–H groups in total. The molecule has 10 heteroatoms. The SMILES string of the molecule is Cc1cc(N)nc(=O)n1-c1ccccc1.Cc1cc2nccn2c(=O)n1-c1ccccc1.O=CCCl. The maximum atomic E-state index is 12.3. The van der Waals surface area contributed by atoms with Gasteiger partial charge in [-0.15, -0.1) is 11.6 Å². The minimum atomic E-state index is -0.348. The van der Waals surface area contributed by atoms with E-state index in [1.807, 2.05) is 80.6 Å². The van der Waals surface area contributed by atoms with Crippen LogP contribution in [0.25, 0.3) is 17.0 Å². The minimum absolute atomic E-state index is 0.0938. The summed E-state index contributed by atoms with van der Waals surface area (Å²) in [5.74, 6) is 0.365. The van der Waals surface area contributed by atoms with Crippen molar-refractivity contribution in [1.82, 2.24) is 23.5 Å². The van der Waals surface area contributed by atoms with Crippen molar-refractivity contribution in [3.8, 4) is 11.4 Å². The van der Waals surface area contributed by atoms with Gasteiger partial charge in [0.2, 0.25) is 0 Å². The summed E-state index contributed by atoms with van der Waals surface area (Å²) >= 11 is 4.82. The van der Waals surface area contributed by atoms with E-state index >= 15 is 0 Å². The first kappa shape index (κ1) is 26.1. The Morgan fingerprint density at radius 2 is 1.42 bits per heavy atom. The largest absolute Gasteiger partial charge is 0.383 e. The second-order valence-electron chi connectivity index (χ2n) is 7.49. The number of hydrogen-bond donors (Lipinski definition) is 1. The predicted octanol–water partition coefficient (Wildman–Crippen LogP) is 3.34. The summed E-state index contributed by atoms with van der Waals surface area (Å²) in [6.45, 7) is 3.73. The van der Waals surface area contributed by atoms with Crippen LogP contribution < -0.4 is 17.1 Å². The van der Waals surface area contributed by atoms with E-state index in [-0.39, 0.29) is 23.1 Å².